The van der Waals surface area contributed by atoms with Crippen LogP contribution in [0.3, 0.4) is 0 Å². The highest BCUT2D eigenvalue weighted by Crippen LogP contribution is 2.33. The largest absolute Gasteiger partial charge is 0.462 e. The third-order valence-corrected chi connectivity index (χ3v) is 5.99. The number of nitrogens with zero attached hydrogens (tertiary/aromatic N) is 3. The van der Waals surface area contributed by atoms with Gasteiger partial charge in [-0.05, 0) is 42.7 Å². The molecular weight excluding hydrogens is 370 g/mol. The Kier molecular flexibility index (Phi) is 5.04. The average Bonchev–Trinajstić information content (AvgIpc) is 3.35. The van der Waals surface area contributed by atoms with Crippen LogP contribution in [0.1, 0.15) is 29.3 Å². The number of halogens is 1. The van der Waals surface area contributed by atoms with E-state index in [1.165, 1.54) is 0 Å². The van der Waals surface area contributed by atoms with E-state index in [0.29, 0.717) is 17.4 Å². The van der Waals surface area contributed by atoms with Crippen LogP contribution in [-0.2, 0) is 11.2 Å². The van der Waals surface area contributed by atoms with E-state index in [0.717, 1.165) is 47.3 Å². The number of likely N-dealkylation sites (tertiary alicyclic amines) is 1. The molecule has 2 aromatic heterocycles. The molecule has 0 spiro atoms. The maximum absolute atomic E-state index is 12.5. The van der Waals surface area contributed by atoms with Gasteiger partial charge in [0.2, 0.25) is 5.91 Å². The van der Waals surface area contributed by atoms with Crippen molar-refractivity contribution < 1.29 is 9.21 Å². The van der Waals surface area contributed by atoms with E-state index < -0.39 is 0 Å². The summed E-state index contributed by atoms with van der Waals surface area (Å²) in [7, 11) is 0. The molecule has 1 aliphatic rings. The van der Waals surface area contributed by atoms with Crippen LogP contribution in [0.5, 0.6) is 0 Å². The molecular formula is C19H18ClN3O2S. The predicted molar refractivity (Wildman–Crippen MR) is 101 cm³/mol. The summed E-state index contributed by atoms with van der Waals surface area (Å²) in [6.45, 7) is 1.51. The Hall–Kier alpha value is -2.18. The second-order valence-corrected chi connectivity index (χ2v) is 7.83. The Morgan fingerprint density at radius 2 is 1.96 bits per heavy atom. The van der Waals surface area contributed by atoms with Gasteiger partial charge in [-0.1, -0.05) is 35.1 Å². The molecule has 1 fully saturated rings. The lowest BCUT2D eigenvalue weighted by Gasteiger charge is -2.31. The van der Waals surface area contributed by atoms with Crippen LogP contribution in [-0.4, -0.2) is 34.1 Å². The highest BCUT2D eigenvalue weighted by atomic mass is 35.5. The first-order chi connectivity index (χ1) is 12.7. The molecule has 0 bridgehead atoms. The molecule has 0 aliphatic carbocycles. The summed E-state index contributed by atoms with van der Waals surface area (Å²) < 4.78 is 5.38. The summed E-state index contributed by atoms with van der Waals surface area (Å²) >= 11 is 7.47. The molecule has 0 atom stereocenters. The minimum absolute atomic E-state index is 0.166. The Balaban J connectivity index is 1.33. The highest BCUT2D eigenvalue weighted by molar-refractivity contribution is 7.14. The molecule has 7 heteroatoms. The second-order valence-electron chi connectivity index (χ2n) is 6.38. The minimum atomic E-state index is 0.166. The number of carbonyl (C=O) groups is 1. The summed E-state index contributed by atoms with van der Waals surface area (Å²) in [4.78, 5) is 14.5. The predicted octanol–water partition coefficient (Wildman–Crippen LogP) is 4.40. The van der Waals surface area contributed by atoms with Gasteiger partial charge in [-0.3, -0.25) is 4.79 Å². The lowest BCUT2D eigenvalue weighted by atomic mass is 9.97. The van der Waals surface area contributed by atoms with Crippen LogP contribution in [0, 0.1) is 0 Å². The third kappa shape index (κ3) is 3.81. The molecule has 134 valence electrons. The smallest absolute Gasteiger partial charge is 0.226 e. The first kappa shape index (κ1) is 17.2. The number of hydrogen-bond acceptors (Lipinski definition) is 5. The van der Waals surface area contributed by atoms with E-state index in [-0.39, 0.29) is 5.91 Å². The van der Waals surface area contributed by atoms with Gasteiger partial charge in [0.1, 0.15) is 5.01 Å². The van der Waals surface area contributed by atoms with Gasteiger partial charge in [0, 0.05) is 24.0 Å². The normalized spacial score (nSPS) is 15.3. The van der Waals surface area contributed by atoms with Crippen molar-refractivity contribution in [3.63, 3.8) is 0 Å². The summed E-state index contributed by atoms with van der Waals surface area (Å²) in [5, 5.41) is 11.1. The second kappa shape index (κ2) is 7.60. The number of furan rings is 1. The third-order valence-electron chi connectivity index (χ3n) is 4.64. The number of piperidine rings is 1. The van der Waals surface area contributed by atoms with Gasteiger partial charge in [0.25, 0.3) is 0 Å². The molecule has 1 saturated heterocycles. The van der Waals surface area contributed by atoms with Crippen LogP contribution >= 0.6 is 22.9 Å². The first-order valence-electron chi connectivity index (χ1n) is 8.58. The number of benzene rings is 1. The zero-order valence-electron chi connectivity index (χ0n) is 14.1. The fraction of sp³-hybridized carbons (Fsp3) is 0.316. The fourth-order valence-corrected chi connectivity index (χ4v) is 4.27. The van der Waals surface area contributed by atoms with E-state index in [1.807, 2.05) is 41.3 Å². The Bertz CT molecular complexity index is 869. The first-order valence-corrected chi connectivity index (χ1v) is 9.78. The number of hydrogen-bond donors (Lipinski definition) is 0. The van der Waals surface area contributed by atoms with Crippen molar-refractivity contribution in [2.24, 2.45) is 0 Å². The molecule has 3 aromatic rings. The summed E-state index contributed by atoms with van der Waals surface area (Å²) in [5.74, 6) is 1.28. The van der Waals surface area contributed by atoms with Gasteiger partial charge >= 0.3 is 0 Å². The van der Waals surface area contributed by atoms with Gasteiger partial charge in [-0.25, -0.2) is 0 Å². The molecule has 26 heavy (non-hydrogen) atoms. The minimum Gasteiger partial charge on any atom is -0.462 e. The number of carbonyl (C=O) groups excluding carboxylic acids is 1. The van der Waals surface area contributed by atoms with Crippen molar-refractivity contribution >= 4 is 28.8 Å². The van der Waals surface area contributed by atoms with Crippen molar-refractivity contribution in [1.29, 1.82) is 0 Å². The number of rotatable bonds is 4. The molecule has 0 saturated carbocycles. The standard InChI is InChI=1S/C19H18ClN3O2S/c20-15-5-3-13(4-6-15)12-17(24)23-9-7-14(8-10-23)18-21-22-19(26-18)16-2-1-11-25-16/h1-6,11,14H,7-10,12H2. The van der Waals surface area contributed by atoms with E-state index in [4.69, 9.17) is 16.0 Å². The van der Waals surface area contributed by atoms with Crippen LogP contribution in [0.4, 0.5) is 0 Å². The maximum Gasteiger partial charge on any atom is 0.226 e. The summed E-state index contributed by atoms with van der Waals surface area (Å²) in [5.41, 5.74) is 0.994. The van der Waals surface area contributed by atoms with Gasteiger partial charge in [-0.2, -0.15) is 0 Å². The number of aromatic nitrogens is 2. The molecule has 5 nitrogen and oxygen atoms in total. The number of amides is 1. The quantitative estimate of drug-likeness (QED) is 0.665. The maximum atomic E-state index is 12.5. The molecule has 4 rings (SSSR count). The van der Waals surface area contributed by atoms with Crippen LogP contribution < -0.4 is 0 Å². The summed E-state index contributed by atoms with van der Waals surface area (Å²) in [6.07, 6.45) is 3.89. The Morgan fingerprint density at radius 3 is 2.65 bits per heavy atom. The van der Waals surface area contributed by atoms with Gasteiger partial charge in [0.05, 0.1) is 12.7 Å². The van der Waals surface area contributed by atoms with Crippen molar-refractivity contribution in [3.8, 4) is 10.8 Å². The zero-order valence-corrected chi connectivity index (χ0v) is 15.7. The molecule has 1 aromatic carbocycles. The molecule has 0 radical (unpaired) electrons. The lowest BCUT2D eigenvalue weighted by Crippen LogP contribution is -2.38. The van der Waals surface area contributed by atoms with Crippen LogP contribution in [0.2, 0.25) is 5.02 Å². The van der Waals surface area contributed by atoms with Gasteiger partial charge in [0.15, 0.2) is 10.8 Å². The van der Waals surface area contributed by atoms with E-state index in [2.05, 4.69) is 10.2 Å². The topological polar surface area (TPSA) is 59.2 Å². The summed E-state index contributed by atoms with van der Waals surface area (Å²) in [6, 6.07) is 11.2. The van der Waals surface area contributed by atoms with Crippen molar-refractivity contribution in [3.05, 3.63) is 58.3 Å². The van der Waals surface area contributed by atoms with E-state index in [1.54, 1.807) is 17.6 Å². The van der Waals surface area contributed by atoms with Gasteiger partial charge in [-0.15, -0.1) is 10.2 Å². The molecule has 1 aliphatic heterocycles. The van der Waals surface area contributed by atoms with Crippen molar-refractivity contribution in [2.75, 3.05) is 13.1 Å². The zero-order chi connectivity index (χ0) is 17.9. The molecule has 3 heterocycles. The Morgan fingerprint density at radius 1 is 1.19 bits per heavy atom. The fourth-order valence-electron chi connectivity index (χ4n) is 3.16. The van der Waals surface area contributed by atoms with Crippen molar-refractivity contribution in [2.45, 2.75) is 25.2 Å². The molecule has 0 unspecified atom stereocenters. The SMILES string of the molecule is O=C(Cc1ccc(Cl)cc1)N1CCC(c2nnc(-c3ccco3)s2)CC1. The molecule has 1 amide bonds. The van der Waals surface area contributed by atoms with Crippen LogP contribution in [0.25, 0.3) is 10.8 Å². The van der Waals surface area contributed by atoms with Crippen LogP contribution in [0.15, 0.2) is 47.1 Å². The lowest BCUT2D eigenvalue weighted by molar-refractivity contribution is -0.131. The van der Waals surface area contributed by atoms with E-state index in [9.17, 15) is 4.79 Å². The molecule has 0 N–H and O–H groups in total. The highest BCUT2D eigenvalue weighted by Gasteiger charge is 2.26. The van der Waals surface area contributed by atoms with Gasteiger partial charge < -0.3 is 9.32 Å². The Labute approximate surface area is 160 Å². The average molecular weight is 388 g/mol. The van der Waals surface area contributed by atoms with Crippen molar-refractivity contribution in [1.82, 2.24) is 15.1 Å². The van der Waals surface area contributed by atoms with E-state index >= 15 is 0 Å². The monoisotopic (exact) mass is 387 g/mol.